The average molecular weight is 773 g/mol. The van der Waals surface area contributed by atoms with Crippen molar-refractivity contribution >= 4 is 0 Å². The van der Waals surface area contributed by atoms with Crippen LogP contribution in [0.25, 0.3) is 67.5 Å². The second-order valence-electron chi connectivity index (χ2n) is 12.0. The zero-order valence-corrected chi connectivity index (χ0v) is 31.9. The van der Waals surface area contributed by atoms with Crippen molar-refractivity contribution in [2.75, 3.05) is 42.7 Å². The van der Waals surface area contributed by atoms with Gasteiger partial charge in [-0.1, -0.05) is 58.8 Å². The first-order valence-electron chi connectivity index (χ1n) is 17.1. The second-order valence-corrected chi connectivity index (χ2v) is 12.0. The molecule has 0 bridgehead atoms. The van der Waals surface area contributed by atoms with Gasteiger partial charge in [0, 0.05) is 40.4 Å². The van der Waals surface area contributed by atoms with Gasteiger partial charge in [-0.05, 0) is 51.0 Å². The van der Waals surface area contributed by atoms with Gasteiger partial charge in [0.15, 0.2) is 28.8 Å². The first-order chi connectivity index (χ1) is 27.9. The van der Waals surface area contributed by atoms with Crippen molar-refractivity contribution in [3.63, 3.8) is 0 Å². The van der Waals surface area contributed by atoms with E-state index in [4.69, 9.17) is 37.5 Å². The molecule has 0 aliphatic heterocycles. The Morgan fingerprint density at radius 1 is 0.526 bits per heavy atom. The molecule has 0 saturated heterocycles. The highest BCUT2D eigenvalue weighted by Gasteiger charge is 2.21. The summed E-state index contributed by atoms with van der Waals surface area (Å²) in [6.07, 6.45) is 3.21. The summed E-state index contributed by atoms with van der Waals surface area (Å²) < 4.78 is 44.7. The number of ether oxygens (including phenoxy) is 6. The fourth-order valence-electron chi connectivity index (χ4n) is 6.09. The van der Waals surface area contributed by atoms with Gasteiger partial charge in [0.05, 0.1) is 42.7 Å². The van der Waals surface area contributed by atoms with Crippen LogP contribution < -0.4 is 28.4 Å². The molecule has 0 unspecified atom stereocenters. The number of aromatic nitrogens is 10. The summed E-state index contributed by atoms with van der Waals surface area (Å²) in [5.74, 6) is 4.42. The highest BCUT2D eigenvalue weighted by atomic mass is 16.5. The minimum Gasteiger partial charge on any atom is -0.493 e. The number of tetrazole rings is 2. The largest absolute Gasteiger partial charge is 0.493 e. The number of hydrogen-bond acceptors (Lipinski definition) is 16. The fraction of sp³-hybridized carbons (Fsp3) is 0.179. The Morgan fingerprint density at radius 2 is 0.965 bits per heavy atom. The van der Waals surface area contributed by atoms with Crippen molar-refractivity contribution in [1.29, 1.82) is 0 Å². The molecule has 57 heavy (non-hydrogen) atoms. The maximum absolute atomic E-state index is 5.45. The molecule has 0 aliphatic carbocycles. The van der Waals surface area contributed by atoms with Crippen LogP contribution in [0, 0.1) is 0 Å². The van der Waals surface area contributed by atoms with Gasteiger partial charge in [0.2, 0.25) is 17.3 Å². The number of nitrogens with zero attached hydrogens (tertiary/aromatic N) is 9. The second kappa shape index (κ2) is 16.7. The topological polar surface area (TPSA) is 205 Å². The van der Waals surface area contributed by atoms with Crippen molar-refractivity contribution in [3.05, 3.63) is 85.3 Å². The van der Waals surface area contributed by atoms with E-state index in [9.17, 15) is 0 Å². The lowest BCUT2D eigenvalue weighted by atomic mass is 10.00. The van der Waals surface area contributed by atoms with Gasteiger partial charge in [0.1, 0.15) is 23.9 Å². The van der Waals surface area contributed by atoms with Crippen LogP contribution in [0.1, 0.15) is 0 Å². The number of aromatic amines is 1. The molecule has 4 aromatic heterocycles. The molecule has 4 aromatic carbocycles. The summed E-state index contributed by atoms with van der Waals surface area (Å²) in [6.45, 7) is 0. The van der Waals surface area contributed by atoms with E-state index in [2.05, 4.69) is 46.5 Å². The summed E-state index contributed by atoms with van der Waals surface area (Å²) in [5.41, 5.74) is 8.17. The molecule has 1 N–H and O–H groups in total. The van der Waals surface area contributed by atoms with E-state index in [-0.39, 0.29) is 0 Å². The number of aryl methyl sites for hydroxylation is 1. The van der Waals surface area contributed by atoms with E-state index in [1.807, 2.05) is 72.8 Å². The van der Waals surface area contributed by atoms with Crippen LogP contribution in [-0.4, -0.2) is 93.8 Å². The van der Waals surface area contributed by atoms with Crippen molar-refractivity contribution in [2.24, 2.45) is 7.05 Å². The minimum atomic E-state index is 0.517. The highest BCUT2D eigenvalue weighted by Crippen LogP contribution is 2.44. The van der Waals surface area contributed by atoms with Gasteiger partial charge >= 0.3 is 0 Å². The lowest BCUT2D eigenvalue weighted by molar-refractivity contribution is 0.324. The zero-order valence-electron chi connectivity index (χ0n) is 31.9. The predicted octanol–water partition coefficient (Wildman–Crippen LogP) is 6.44. The third kappa shape index (κ3) is 7.50. The number of H-pyrrole nitrogens is 1. The maximum atomic E-state index is 5.45. The SMILES string of the molecule is COc1cc(-c2nocc2-c2ccc(-c3nn[nH]n3)cc2)cc(OC)c1OC.COc1cc(-c2nocc2-c2ccc(-c3nnnn3C)cc2)cc(OC)c1OC. The molecular weight excluding hydrogens is 736 g/mol. The first-order valence-corrected chi connectivity index (χ1v) is 17.1. The van der Waals surface area contributed by atoms with Crippen LogP contribution >= 0.6 is 0 Å². The summed E-state index contributed by atoms with van der Waals surface area (Å²) in [4.78, 5) is 0. The predicted molar refractivity (Wildman–Crippen MR) is 205 cm³/mol. The Bertz CT molecular complexity index is 2520. The van der Waals surface area contributed by atoms with Crippen molar-refractivity contribution in [1.82, 2.24) is 51.1 Å². The molecule has 8 aromatic rings. The van der Waals surface area contributed by atoms with E-state index in [1.165, 1.54) is 0 Å². The van der Waals surface area contributed by atoms with Gasteiger partial charge in [-0.15, -0.1) is 15.3 Å². The number of methoxy groups -OCH3 is 6. The number of rotatable bonds is 12. The van der Waals surface area contributed by atoms with Gasteiger partial charge in [-0.25, -0.2) is 4.68 Å². The molecule has 18 heteroatoms. The minimum absolute atomic E-state index is 0.517. The van der Waals surface area contributed by atoms with Crippen LogP contribution in [0.5, 0.6) is 34.5 Å². The number of hydrogen-bond donors (Lipinski definition) is 1. The molecule has 0 amide bonds. The van der Waals surface area contributed by atoms with Crippen LogP contribution in [0.4, 0.5) is 0 Å². The monoisotopic (exact) mass is 772 g/mol. The third-order valence-corrected chi connectivity index (χ3v) is 8.89. The Morgan fingerprint density at radius 3 is 1.33 bits per heavy atom. The molecule has 0 spiro atoms. The number of benzene rings is 4. The van der Waals surface area contributed by atoms with E-state index in [1.54, 1.807) is 66.9 Å². The third-order valence-electron chi connectivity index (χ3n) is 8.89. The molecule has 290 valence electrons. The Labute approximate surface area is 325 Å². The molecule has 8 rings (SSSR count). The Balaban J connectivity index is 0.000000174. The highest BCUT2D eigenvalue weighted by molar-refractivity contribution is 5.84. The van der Waals surface area contributed by atoms with Gasteiger partial charge in [-0.2, -0.15) is 5.21 Å². The maximum Gasteiger partial charge on any atom is 0.204 e. The van der Waals surface area contributed by atoms with Gasteiger partial charge in [-0.3, -0.25) is 0 Å². The summed E-state index contributed by atoms with van der Waals surface area (Å²) >= 11 is 0. The quantitative estimate of drug-likeness (QED) is 0.142. The molecular formula is C39H36N10O8. The summed E-state index contributed by atoms with van der Waals surface area (Å²) in [5, 5.41) is 33.9. The van der Waals surface area contributed by atoms with Crippen LogP contribution in [-0.2, 0) is 7.05 Å². The zero-order chi connectivity index (χ0) is 39.9. The molecule has 18 nitrogen and oxygen atoms in total. The van der Waals surface area contributed by atoms with Crippen molar-refractivity contribution < 1.29 is 37.5 Å². The molecule has 4 heterocycles. The van der Waals surface area contributed by atoms with Crippen molar-refractivity contribution in [3.8, 4) is 102 Å². The molecule has 0 atom stereocenters. The van der Waals surface area contributed by atoms with Crippen molar-refractivity contribution in [2.45, 2.75) is 0 Å². The van der Waals surface area contributed by atoms with Gasteiger partial charge < -0.3 is 37.5 Å². The van der Waals surface area contributed by atoms with Crippen LogP contribution in [0.15, 0.2) is 94.4 Å². The van der Waals surface area contributed by atoms with E-state index >= 15 is 0 Å². The lowest BCUT2D eigenvalue weighted by Crippen LogP contribution is -1.96. The number of nitrogens with one attached hydrogen (secondary N) is 1. The fourth-order valence-corrected chi connectivity index (χ4v) is 6.09. The Kier molecular flexibility index (Phi) is 11.0. The molecule has 0 radical (unpaired) electrons. The molecule has 0 saturated carbocycles. The Hall–Kier alpha value is -7.76. The van der Waals surface area contributed by atoms with Crippen LogP contribution in [0.2, 0.25) is 0 Å². The van der Waals surface area contributed by atoms with Crippen LogP contribution in [0.3, 0.4) is 0 Å². The van der Waals surface area contributed by atoms with E-state index in [0.717, 1.165) is 44.5 Å². The molecule has 0 aliphatic rings. The van der Waals surface area contributed by atoms with Gasteiger partial charge in [0.25, 0.3) is 0 Å². The normalized spacial score (nSPS) is 10.7. The lowest BCUT2D eigenvalue weighted by Gasteiger charge is -2.13. The smallest absolute Gasteiger partial charge is 0.204 e. The van der Waals surface area contributed by atoms with E-state index in [0.29, 0.717) is 57.5 Å². The average Bonchev–Trinajstić information content (AvgIpc) is 4.11. The standard InChI is InChI=1S/C20H19N5O4.C19H17N5O4/c1-25-20(21-23-24-25)13-7-5-12(6-8-13)15-11-29-22-18(15)14-9-16(26-2)19(28-4)17(10-14)27-3;1-25-15-8-13(9-16(26-2)18(15)27-3)17-14(10-28-22-17)11-4-6-12(7-5-11)19-20-23-24-21-19/h5-11H,1-4H3;4-10H,1-3H3,(H,20,21,23,24). The molecule has 0 fully saturated rings. The first kappa shape index (κ1) is 37.6. The summed E-state index contributed by atoms with van der Waals surface area (Å²) in [6, 6.07) is 22.9. The van der Waals surface area contributed by atoms with E-state index < -0.39 is 0 Å². The summed E-state index contributed by atoms with van der Waals surface area (Å²) in [7, 11) is 11.2.